The van der Waals surface area contributed by atoms with Crippen molar-refractivity contribution in [1.29, 1.82) is 0 Å². The number of amides is 1. The summed E-state index contributed by atoms with van der Waals surface area (Å²) in [4.78, 5) is 16.3. The first kappa shape index (κ1) is 21.9. The molecule has 0 unspecified atom stereocenters. The van der Waals surface area contributed by atoms with Gasteiger partial charge < -0.3 is 24.8 Å². The topological polar surface area (TPSA) is 81.7 Å². The van der Waals surface area contributed by atoms with Crippen LogP contribution in [0.25, 0.3) is 0 Å². The highest BCUT2D eigenvalue weighted by Gasteiger charge is 2.30. The summed E-state index contributed by atoms with van der Waals surface area (Å²) in [6.45, 7) is 4.75. The molecule has 154 valence electrons. The van der Waals surface area contributed by atoms with Gasteiger partial charge in [-0.05, 0) is 38.1 Å². The van der Waals surface area contributed by atoms with Crippen LogP contribution in [-0.4, -0.2) is 43.3 Å². The molecule has 28 heavy (non-hydrogen) atoms. The van der Waals surface area contributed by atoms with E-state index in [-0.39, 0.29) is 23.9 Å². The van der Waals surface area contributed by atoms with Crippen LogP contribution in [0.4, 0.5) is 24.0 Å². The maximum absolute atomic E-state index is 12.2. The van der Waals surface area contributed by atoms with Crippen LogP contribution in [0.1, 0.15) is 24.3 Å². The lowest BCUT2D eigenvalue weighted by Gasteiger charge is -2.16. The lowest BCUT2D eigenvalue weighted by molar-refractivity contribution is -0.274. The van der Waals surface area contributed by atoms with Crippen molar-refractivity contribution in [3.05, 3.63) is 35.3 Å². The van der Waals surface area contributed by atoms with Crippen molar-refractivity contribution in [2.45, 2.75) is 26.5 Å². The summed E-state index contributed by atoms with van der Waals surface area (Å²) >= 11 is 1.18. The average Bonchev–Trinajstić information content (AvgIpc) is 3.09. The molecule has 1 heterocycles. The van der Waals surface area contributed by atoms with Gasteiger partial charge in [-0.15, -0.1) is 24.5 Å². The number of nitrogens with one attached hydrogen (secondary N) is 2. The van der Waals surface area contributed by atoms with Crippen LogP contribution in [0, 0.1) is 0 Å². The molecule has 0 radical (unpaired) electrons. The van der Waals surface area contributed by atoms with Gasteiger partial charge in [0, 0.05) is 24.3 Å². The molecule has 11 heteroatoms. The SMILES string of the molecule is CCOC(CNC(=O)c1csc(Nc2ccc(OC(F)(F)F)cc2)n1)OCC. The smallest absolute Gasteiger partial charge is 0.406 e. The van der Waals surface area contributed by atoms with E-state index in [0.29, 0.717) is 24.0 Å². The van der Waals surface area contributed by atoms with Gasteiger partial charge in [-0.1, -0.05) is 0 Å². The largest absolute Gasteiger partial charge is 0.573 e. The van der Waals surface area contributed by atoms with Crippen molar-refractivity contribution in [3.8, 4) is 5.75 Å². The molecule has 0 spiro atoms. The van der Waals surface area contributed by atoms with Crippen LogP contribution >= 0.6 is 11.3 Å². The lowest BCUT2D eigenvalue weighted by atomic mass is 10.3. The van der Waals surface area contributed by atoms with E-state index < -0.39 is 12.7 Å². The molecule has 1 amide bonds. The number of carbonyl (C=O) groups excluding carboxylic acids is 1. The van der Waals surface area contributed by atoms with Crippen LogP contribution in [0.5, 0.6) is 5.75 Å². The Hall–Kier alpha value is -2.37. The van der Waals surface area contributed by atoms with Gasteiger partial charge in [0.05, 0.1) is 6.54 Å². The minimum atomic E-state index is -4.74. The summed E-state index contributed by atoms with van der Waals surface area (Å²) in [5.74, 6) is -0.710. The van der Waals surface area contributed by atoms with Crippen LogP contribution < -0.4 is 15.4 Å². The van der Waals surface area contributed by atoms with E-state index in [4.69, 9.17) is 9.47 Å². The van der Waals surface area contributed by atoms with Gasteiger partial charge in [-0.25, -0.2) is 4.98 Å². The van der Waals surface area contributed by atoms with Gasteiger partial charge in [-0.3, -0.25) is 4.79 Å². The molecule has 0 saturated heterocycles. The summed E-state index contributed by atoms with van der Waals surface area (Å²) in [6.07, 6.45) is -5.27. The fourth-order valence-electron chi connectivity index (χ4n) is 2.10. The zero-order valence-electron chi connectivity index (χ0n) is 15.2. The van der Waals surface area contributed by atoms with Crippen molar-refractivity contribution in [2.24, 2.45) is 0 Å². The normalized spacial score (nSPS) is 11.5. The third-order valence-corrected chi connectivity index (χ3v) is 3.97. The highest BCUT2D eigenvalue weighted by molar-refractivity contribution is 7.14. The van der Waals surface area contributed by atoms with Crippen molar-refractivity contribution in [2.75, 3.05) is 25.1 Å². The van der Waals surface area contributed by atoms with Crippen molar-refractivity contribution in [3.63, 3.8) is 0 Å². The summed E-state index contributed by atoms with van der Waals surface area (Å²) in [6, 6.07) is 5.19. The van der Waals surface area contributed by atoms with E-state index in [1.807, 2.05) is 13.8 Å². The monoisotopic (exact) mass is 419 g/mol. The summed E-state index contributed by atoms with van der Waals surface area (Å²) < 4.78 is 51.0. The Balaban J connectivity index is 1.90. The van der Waals surface area contributed by atoms with Gasteiger partial charge in [0.2, 0.25) is 0 Å². The van der Waals surface area contributed by atoms with Crippen LogP contribution in [0.2, 0.25) is 0 Å². The Labute approximate surface area is 163 Å². The van der Waals surface area contributed by atoms with Gasteiger partial charge >= 0.3 is 6.36 Å². The molecule has 1 aromatic carbocycles. The van der Waals surface area contributed by atoms with Crippen molar-refractivity contribution >= 4 is 28.1 Å². The Morgan fingerprint density at radius 2 is 1.82 bits per heavy atom. The lowest BCUT2D eigenvalue weighted by Crippen LogP contribution is -2.35. The summed E-state index contributed by atoms with van der Waals surface area (Å²) in [5, 5.41) is 7.58. The fourth-order valence-corrected chi connectivity index (χ4v) is 2.81. The second-order valence-corrected chi connectivity index (χ2v) is 6.14. The number of aromatic nitrogens is 1. The molecule has 0 bridgehead atoms. The first-order chi connectivity index (χ1) is 13.3. The number of hydrogen-bond donors (Lipinski definition) is 2. The summed E-state index contributed by atoms with van der Waals surface area (Å²) in [5.41, 5.74) is 0.708. The van der Waals surface area contributed by atoms with E-state index in [9.17, 15) is 18.0 Å². The maximum Gasteiger partial charge on any atom is 0.573 e. The van der Waals surface area contributed by atoms with E-state index in [1.165, 1.54) is 35.6 Å². The molecule has 0 aliphatic carbocycles. The number of nitrogens with zero attached hydrogens (tertiary/aromatic N) is 1. The molecule has 7 nitrogen and oxygen atoms in total. The Bertz CT molecular complexity index is 747. The zero-order chi connectivity index (χ0) is 20.6. The highest BCUT2D eigenvalue weighted by atomic mass is 32.1. The molecular formula is C17H20F3N3O4S. The quantitative estimate of drug-likeness (QED) is 0.569. The Kier molecular flexibility index (Phi) is 8.03. The molecule has 2 N–H and O–H groups in total. The first-order valence-electron chi connectivity index (χ1n) is 8.40. The molecule has 0 saturated carbocycles. The van der Waals surface area contributed by atoms with Crippen molar-refractivity contribution < 1.29 is 32.2 Å². The van der Waals surface area contributed by atoms with Crippen LogP contribution in [-0.2, 0) is 9.47 Å². The fraction of sp³-hybridized carbons (Fsp3) is 0.412. The maximum atomic E-state index is 12.2. The number of thiazole rings is 1. The van der Waals surface area contributed by atoms with E-state index in [2.05, 4.69) is 20.4 Å². The number of rotatable bonds is 10. The number of alkyl halides is 3. The second-order valence-electron chi connectivity index (χ2n) is 5.29. The molecule has 0 aliphatic heterocycles. The first-order valence-corrected chi connectivity index (χ1v) is 9.28. The molecule has 1 aromatic heterocycles. The predicted molar refractivity (Wildman–Crippen MR) is 97.9 cm³/mol. The number of carbonyl (C=O) groups is 1. The number of hydrogen-bond acceptors (Lipinski definition) is 7. The molecule has 2 rings (SSSR count). The molecule has 0 fully saturated rings. The standard InChI is InChI=1S/C17H20F3N3O4S/c1-3-25-14(26-4-2)9-21-15(24)13-10-28-16(23-13)22-11-5-7-12(8-6-11)27-17(18,19)20/h5-8,10,14H,3-4,9H2,1-2H3,(H,21,24)(H,22,23). The highest BCUT2D eigenvalue weighted by Crippen LogP contribution is 2.26. The molecule has 0 atom stereocenters. The molecule has 0 aliphatic rings. The van der Waals surface area contributed by atoms with E-state index in [0.717, 1.165) is 0 Å². The number of halogens is 3. The van der Waals surface area contributed by atoms with Crippen LogP contribution in [0.3, 0.4) is 0 Å². The van der Waals surface area contributed by atoms with E-state index in [1.54, 1.807) is 5.38 Å². The minimum absolute atomic E-state index is 0.182. The van der Waals surface area contributed by atoms with Gasteiger partial charge in [0.15, 0.2) is 11.4 Å². The zero-order valence-corrected chi connectivity index (χ0v) is 16.0. The number of anilines is 2. The average molecular weight is 419 g/mol. The molecule has 2 aromatic rings. The minimum Gasteiger partial charge on any atom is -0.406 e. The van der Waals surface area contributed by atoms with Crippen molar-refractivity contribution in [1.82, 2.24) is 10.3 Å². The van der Waals surface area contributed by atoms with E-state index >= 15 is 0 Å². The van der Waals surface area contributed by atoms with Gasteiger partial charge in [0.1, 0.15) is 11.4 Å². The van der Waals surface area contributed by atoms with Gasteiger partial charge in [0.25, 0.3) is 5.91 Å². The van der Waals surface area contributed by atoms with Gasteiger partial charge in [-0.2, -0.15) is 0 Å². The van der Waals surface area contributed by atoms with Crippen LogP contribution in [0.15, 0.2) is 29.6 Å². The Morgan fingerprint density at radius 3 is 2.39 bits per heavy atom. The summed E-state index contributed by atoms with van der Waals surface area (Å²) in [7, 11) is 0. The number of benzene rings is 1. The third kappa shape index (κ3) is 7.33. The number of ether oxygens (including phenoxy) is 3. The Morgan fingerprint density at radius 1 is 1.18 bits per heavy atom. The second kappa shape index (κ2) is 10.2. The third-order valence-electron chi connectivity index (χ3n) is 3.21. The molecular weight excluding hydrogens is 399 g/mol. The predicted octanol–water partition coefficient (Wildman–Crippen LogP) is 3.91.